The maximum Gasteiger partial charge on any atom is 0.118 e. The zero-order valence-corrected chi connectivity index (χ0v) is 16.3. The van der Waals surface area contributed by atoms with Crippen LogP contribution in [0.25, 0.3) is 0 Å². The van der Waals surface area contributed by atoms with Gasteiger partial charge in [0.15, 0.2) is 0 Å². The molecule has 4 rings (SSSR count). The Kier molecular flexibility index (Phi) is 5.06. The smallest absolute Gasteiger partial charge is 0.118 e. The highest BCUT2D eigenvalue weighted by Crippen LogP contribution is 2.42. The Hall–Kier alpha value is -2.49. The second-order valence-corrected chi connectivity index (χ2v) is 7.12. The first-order valence-corrected chi connectivity index (χ1v) is 9.43. The van der Waals surface area contributed by atoms with Crippen LogP contribution in [-0.4, -0.2) is 12.8 Å². The molecule has 0 fully saturated rings. The molecule has 3 nitrogen and oxygen atoms in total. The van der Waals surface area contributed by atoms with Crippen molar-refractivity contribution < 1.29 is 4.74 Å². The van der Waals surface area contributed by atoms with Crippen LogP contribution in [-0.2, 0) is 0 Å². The molecule has 27 heavy (non-hydrogen) atoms. The van der Waals surface area contributed by atoms with Gasteiger partial charge in [-0.15, -0.1) is 0 Å². The fourth-order valence-electron chi connectivity index (χ4n) is 3.34. The summed E-state index contributed by atoms with van der Waals surface area (Å²) in [4.78, 5) is 0. The van der Waals surface area contributed by atoms with Crippen LogP contribution in [0.15, 0.2) is 77.9 Å². The van der Waals surface area contributed by atoms with Crippen LogP contribution in [0.3, 0.4) is 0 Å². The molecule has 0 saturated carbocycles. The summed E-state index contributed by atoms with van der Waals surface area (Å²) in [6.45, 7) is 0. The number of benzene rings is 3. The van der Waals surface area contributed by atoms with Crippen molar-refractivity contribution in [3.8, 4) is 5.75 Å². The molecule has 0 unspecified atom stereocenters. The van der Waals surface area contributed by atoms with E-state index >= 15 is 0 Å². The van der Waals surface area contributed by atoms with Gasteiger partial charge < -0.3 is 4.74 Å². The lowest BCUT2D eigenvalue weighted by atomic mass is 9.98. The van der Waals surface area contributed by atoms with Crippen molar-refractivity contribution in [1.29, 1.82) is 0 Å². The molecule has 1 heterocycles. The highest BCUT2D eigenvalue weighted by Gasteiger charge is 2.32. The van der Waals surface area contributed by atoms with E-state index in [4.69, 9.17) is 33.0 Å². The van der Waals surface area contributed by atoms with Crippen molar-refractivity contribution in [2.75, 3.05) is 12.1 Å². The molecule has 1 aliphatic rings. The number of rotatable bonds is 4. The predicted molar refractivity (Wildman–Crippen MR) is 112 cm³/mol. The summed E-state index contributed by atoms with van der Waals surface area (Å²) in [5.74, 6) is 0.822. The summed E-state index contributed by atoms with van der Waals surface area (Å²) >= 11 is 13.0. The zero-order valence-electron chi connectivity index (χ0n) is 14.8. The molecule has 0 amide bonds. The third-order valence-electron chi connectivity index (χ3n) is 4.69. The van der Waals surface area contributed by atoms with Gasteiger partial charge in [-0.2, -0.15) is 5.10 Å². The van der Waals surface area contributed by atoms with E-state index in [1.165, 1.54) is 0 Å². The number of anilines is 1. The molecule has 3 aromatic rings. The van der Waals surface area contributed by atoms with Gasteiger partial charge in [-0.25, -0.2) is 0 Å². The van der Waals surface area contributed by atoms with Crippen LogP contribution in [0, 0.1) is 0 Å². The molecular weight excluding hydrogens is 379 g/mol. The summed E-state index contributed by atoms with van der Waals surface area (Å²) in [5.41, 5.74) is 3.95. The topological polar surface area (TPSA) is 24.8 Å². The van der Waals surface area contributed by atoms with E-state index in [0.29, 0.717) is 16.5 Å². The summed E-state index contributed by atoms with van der Waals surface area (Å²) in [5, 5.41) is 8.23. The second-order valence-electron chi connectivity index (χ2n) is 6.31. The van der Waals surface area contributed by atoms with Gasteiger partial charge in [-0.1, -0.05) is 47.5 Å². The Bertz CT molecular complexity index is 951. The fourth-order valence-corrected chi connectivity index (χ4v) is 3.99. The standard InChI is InChI=1S/C22H18Cl2N2O/c1-27-17-12-10-15(11-13-17)20-14-21(22-18(23)8-5-9-19(22)24)26(25-20)16-6-3-2-4-7-16/h2-13,21H,14H2,1H3/t21-/m0/s1. The Labute approximate surface area is 168 Å². The average molecular weight is 397 g/mol. The monoisotopic (exact) mass is 396 g/mol. The van der Waals surface area contributed by atoms with Crippen LogP contribution < -0.4 is 9.75 Å². The van der Waals surface area contributed by atoms with Gasteiger partial charge in [0.2, 0.25) is 0 Å². The van der Waals surface area contributed by atoms with E-state index in [-0.39, 0.29) is 6.04 Å². The number of halogens is 2. The molecule has 0 aliphatic carbocycles. The molecule has 0 N–H and O–H groups in total. The predicted octanol–water partition coefficient (Wildman–Crippen LogP) is 6.36. The van der Waals surface area contributed by atoms with Crippen molar-refractivity contribution in [1.82, 2.24) is 0 Å². The number of para-hydroxylation sites is 1. The van der Waals surface area contributed by atoms with E-state index < -0.39 is 0 Å². The average Bonchev–Trinajstić information content (AvgIpc) is 3.13. The Balaban J connectivity index is 1.77. The quantitative estimate of drug-likeness (QED) is 0.512. The summed E-state index contributed by atoms with van der Waals surface area (Å²) < 4.78 is 5.26. The van der Waals surface area contributed by atoms with E-state index in [1.807, 2.05) is 77.8 Å². The molecule has 1 atom stereocenters. The van der Waals surface area contributed by atoms with E-state index in [0.717, 1.165) is 28.3 Å². The van der Waals surface area contributed by atoms with Crippen LogP contribution in [0.5, 0.6) is 5.75 Å². The summed E-state index contributed by atoms with van der Waals surface area (Å²) in [6, 6.07) is 23.6. The normalized spacial score (nSPS) is 16.3. The highest BCUT2D eigenvalue weighted by molar-refractivity contribution is 6.36. The van der Waals surface area contributed by atoms with Crippen LogP contribution in [0.1, 0.15) is 23.6 Å². The molecular formula is C22H18Cl2N2O. The van der Waals surface area contributed by atoms with E-state index in [9.17, 15) is 0 Å². The maximum atomic E-state index is 6.52. The van der Waals surface area contributed by atoms with E-state index in [2.05, 4.69) is 0 Å². The first kappa shape index (κ1) is 17.9. The Morgan fingerprint density at radius 1 is 0.889 bits per heavy atom. The lowest BCUT2D eigenvalue weighted by molar-refractivity contribution is 0.415. The second kappa shape index (κ2) is 7.63. The van der Waals surface area contributed by atoms with Crippen molar-refractivity contribution in [3.63, 3.8) is 0 Å². The molecule has 1 aliphatic heterocycles. The molecule has 0 saturated heterocycles. The third kappa shape index (κ3) is 3.53. The minimum atomic E-state index is -0.0642. The van der Waals surface area contributed by atoms with Crippen LogP contribution in [0.4, 0.5) is 5.69 Å². The summed E-state index contributed by atoms with van der Waals surface area (Å²) in [7, 11) is 1.66. The van der Waals surface area contributed by atoms with Gasteiger partial charge in [0, 0.05) is 22.0 Å². The number of methoxy groups -OCH3 is 1. The lowest BCUT2D eigenvalue weighted by Crippen LogP contribution is -2.19. The number of hydrogen-bond donors (Lipinski definition) is 0. The Morgan fingerprint density at radius 3 is 2.19 bits per heavy atom. The van der Waals surface area contributed by atoms with Gasteiger partial charge >= 0.3 is 0 Å². The molecule has 0 radical (unpaired) electrons. The van der Waals surface area contributed by atoms with Gasteiger partial charge in [0.05, 0.1) is 24.6 Å². The van der Waals surface area contributed by atoms with E-state index in [1.54, 1.807) is 7.11 Å². The summed E-state index contributed by atoms with van der Waals surface area (Å²) in [6.07, 6.45) is 0.713. The number of ether oxygens (including phenoxy) is 1. The zero-order chi connectivity index (χ0) is 18.8. The molecule has 0 spiro atoms. The molecule has 3 aromatic carbocycles. The molecule has 5 heteroatoms. The van der Waals surface area contributed by atoms with Gasteiger partial charge in [0.25, 0.3) is 0 Å². The van der Waals surface area contributed by atoms with Crippen molar-refractivity contribution in [3.05, 3.63) is 94.0 Å². The number of hydrazone groups is 1. The van der Waals surface area contributed by atoms with Crippen molar-refractivity contribution >= 4 is 34.6 Å². The number of hydrogen-bond acceptors (Lipinski definition) is 3. The SMILES string of the molecule is COc1ccc(C2=NN(c3ccccc3)[C@H](c3c(Cl)cccc3Cl)C2)cc1. The van der Waals surface area contributed by atoms with Crippen molar-refractivity contribution in [2.24, 2.45) is 5.10 Å². The van der Waals surface area contributed by atoms with Crippen molar-refractivity contribution in [2.45, 2.75) is 12.5 Å². The minimum Gasteiger partial charge on any atom is -0.497 e. The first-order chi connectivity index (χ1) is 13.2. The van der Waals surface area contributed by atoms with Crippen LogP contribution in [0.2, 0.25) is 10.0 Å². The van der Waals surface area contributed by atoms with Gasteiger partial charge in [-0.05, 0) is 54.1 Å². The maximum absolute atomic E-state index is 6.52. The molecule has 0 aromatic heterocycles. The largest absolute Gasteiger partial charge is 0.497 e. The van der Waals surface area contributed by atoms with Crippen LogP contribution >= 0.6 is 23.2 Å². The number of nitrogens with zero attached hydrogens (tertiary/aromatic N) is 2. The highest BCUT2D eigenvalue weighted by atomic mass is 35.5. The van der Waals surface area contributed by atoms with Gasteiger partial charge in [-0.3, -0.25) is 5.01 Å². The Morgan fingerprint density at radius 2 is 1.56 bits per heavy atom. The fraction of sp³-hybridized carbons (Fsp3) is 0.136. The minimum absolute atomic E-state index is 0.0642. The van der Waals surface area contributed by atoms with Gasteiger partial charge in [0.1, 0.15) is 5.75 Å². The third-order valence-corrected chi connectivity index (χ3v) is 5.35. The first-order valence-electron chi connectivity index (χ1n) is 8.67. The molecule has 136 valence electrons. The lowest BCUT2D eigenvalue weighted by Gasteiger charge is -2.25. The molecule has 0 bridgehead atoms.